The fourth-order valence-corrected chi connectivity index (χ4v) is 2.77. The maximum atomic E-state index is 10.2. The molecule has 0 spiro atoms. The van der Waals surface area contributed by atoms with Crippen LogP contribution in [0, 0.1) is 0 Å². The molecule has 114 valence electrons. The van der Waals surface area contributed by atoms with Gasteiger partial charge in [-0.3, -0.25) is 0 Å². The van der Waals surface area contributed by atoms with Gasteiger partial charge in [0.05, 0.1) is 10.0 Å². The van der Waals surface area contributed by atoms with E-state index in [4.69, 9.17) is 23.2 Å². The van der Waals surface area contributed by atoms with Crippen LogP contribution in [-0.2, 0) is 12.8 Å². The molecule has 0 fully saturated rings. The summed E-state index contributed by atoms with van der Waals surface area (Å²) in [6.07, 6.45) is 4.70. The first-order valence-corrected chi connectivity index (χ1v) is 7.48. The van der Waals surface area contributed by atoms with Gasteiger partial charge in [-0.05, 0) is 48.2 Å². The average Bonchev–Trinajstić information content (AvgIpc) is 2.47. The molecule has 0 radical (unpaired) electrons. The Morgan fingerprint density at radius 3 is 1.45 bits per heavy atom. The Labute approximate surface area is 139 Å². The van der Waals surface area contributed by atoms with Crippen molar-refractivity contribution in [1.82, 2.24) is 0 Å². The normalized spacial score (nSPS) is 10.5. The highest BCUT2D eigenvalue weighted by molar-refractivity contribution is 6.33. The van der Waals surface area contributed by atoms with Crippen LogP contribution in [0.2, 0.25) is 10.0 Å². The quantitative estimate of drug-likeness (QED) is 0.706. The van der Waals surface area contributed by atoms with Crippen molar-refractivity contribution >= 4 is 23.2 Å². The third-order valence-corrected chi connectivity index (χ3v) is 3.87. The van der Waals surface area contributed by atoms with Crippen LogP contribution in [-0.4, -0.2) is 10.2 Å². The topological polar surface area (TPSA) is 40.5 Å². The van der Waals surface area contributed by atoms with Gasteiger partial charge >= 0.3 is 0 Å². The molecule has 2 aromatic carbocycles. The maximum Gasteiger partial charge on any atom is 0.142 e. The van der Waals surface area contributed by atoms with Crippen molar-refractivity contribution in [2.75, 3.05) is 0 Å². The minimum absolute atomic E-state index is 0.0865. The molecule has 0 aliphatic rings. The summed E-state index contributed by atoms with van der Waals surface area (Å²) in [5.74, 6) is -0.173. The second-order valence-electron chi connectivity index (χ2n) is 4.93. The van der Waals surface area contributed by atoms with Crippen molar-refractivity contribution < 1.29 is 10.2 Å². The highest BCUT2D eigenvalue weighted by atomic mass is 35.5. The molecule has 4 heteroatoms. The number of phenolic OH excluding ortho intramolecular Hbond substituents is 2. The number of rotatable bonds is 5. The van der Waals surface area contributed by atoms with E-state index in [9.17, 15) is 10.2 Å². The molecule has 0 bridgehead atoms. The van der Waals surface area contributed by atoms with Gasteiger partial charge in [0.1, 0.15) is 11.5 Å². The lowest BCUT2D eigenvalue weighted by atomic mass is 9.97. The van der Waals surface area contributed by atoms with Gasteiger partial charge in [-0.15, -0.1) is 13.2 Å². The predicted molar refractivity (Wildman–Crippen MR) is 93.0 cm³/mol. The number of aromatic hydroxyl groups is 2. The molecule has 0 unspecified atom stereocenters. The van der Waals surface area contributed by atoms with E-state index in [1.54, 1.807) is 36.4 Å². The van der Waals surface area contributed by atoms with Gasteiger partial charge in [0, 0.05) is 11.1 Å². The average molecular weight is 335 g/mol. The fraction of sp³-hybridized carbons (Fsp3) is 0.111. The van der Waals surface area contributed by atoms with Crippen LogP contribution in [0.1, 0.15) is 11.1 Å². The van der Waals surface area contributed by atoms with Crippen LogP contribution in [0.25, 0.3) is 11.1 Å². The van der Waals surface area contributed by atoms with Gasteiger partial charge < -0.3 is 10.2 Å². The predicted octanol–water partition coefficient (Wildman–Crippen LogP) is 5.53. The van der Waals surface area contributed by atoms with Crippen molar-refractivity contribution in [3.05, 3.63) is 70.7 Å². The van der Waals surface area contributed by atoms with Gasteiger partial charge in [0.15, 0.2) is 0 Å². The van der Waals surface area contributed by atoms with Crippen LogP contribution in [0.5, 0.6) is 11.5 Å². The lowest BCUT2D eigenvalue weighted by Crippen LogP contribution is -1.90. The maximum absolute atomic E-state index is 10.2. The van der Waals surface area contributed by atoms with Gasteiger partial charge in [-0.1, -0.05) is 35.4 Å². The number of phenols is 2. The van der Waals surface area contributed by atoms with Crippen molar-refractivity contribution in [3.63, 3.8) is 0 Å². The highest BCUT2D eigenvalue weighted by Gasteiger charge is 2.16. The van der Waals surface area contributed by atoms with Crippen molar-refractivity contribution in [3.8, 4) is 22.6 Å². The van der Waals surface area contributed by atoms with Gasteiger partial charge in [0.2, 0.25) is 0 Å². The first-order chi connectivity index (χ1) is 10.5. The molecule has 0 amide bonds. The minimum Gasteiger partial charge on any atom is -0.506 e. The molecule has 0 atom stereocenters. The second kappa shape index (κ2) is 6.91. The summed E-state index contributed by atoms with van der Waals surface area (Å²) >= 11 is 12.2. The van der Waals surface area contributed by atoms with E-state index in [1.165, 1.54) is 0 Å². The van der Waals surface area contributed by atoms with E-state index in [2.05, 4.69) is 13.2 Å². The molecule has 0 saturated carbocycles. The first kappa shape index (κ1) is 16.5. The number of hydrogen-bond acceptors (Lipinski definition) is 2. The molecule has 0 heterocycles. The van der Waals surface area contributed by atoms with Crippen molar-refractivity contribution in [2.24, 2.45) is 0 Å². The summed E-state index contributed by atoms with van der Waals surface area (Å²) in [7, 11) is 0. The lowest BCUT2D eigenvalue weighted by Gasteiger charge is -2.13. The molecule has 0 saturated heterocycles. The van der Waals surface area contributed by atoms with E-state index >= 15 is 0 Å². The Hall–Kier alpha value is -1.90. The smallest absolute Gasteiger partial charge is 0.142 e. The Morgan fingerprint density at radius 1 is 0.773 bits per heavy atom. The molecule has 2 rings (SSSR count). The molecular formula is C18H16Cl2O2. The van der Waals surface area contributed by atoms with Crippen LogP contribution >= 0.6 is 23.2 Å². The Balaban J connectivity index is 2.69. The van der Waals surface area contributed by atoms with Crippen molar-refractivity contribution in [2.45, 2.75) is 12.8 Å². The molecule has 2 aromatic rings. The summed E-state index contributed by atoms with van der Waals surface area (Å²) in [4.78, 5) is 0. The third-order valence-electron chi connectivity index (χ3n) is 3.30. The van der Waals surface area contributed by atoms with Crippen LogP contribution in [0.3, 0.4) is 0 Å². The summed E-state index contributed by atoms with van der Waals surface area (Å²) in [6.45, 7) is 7.39. The highest BCUT2D eigenvalue weighted by Crippen LogP contribution is 2.43. The number of benzene rings is 2. The molecule has 22 heavy (non-hydrogen) atoms. The molecular weight excluding hydrogens is 319 g/mol. The van der Waals surface area contributed by atoms with Gasteiger partial charge in [-0.2, -0.15) is 0 Å². The standard InChI is InChI=1S/C18H16Cl2O2/c1-3-5-11-7-13(17(21)15(19)9-11)14-8-12(6-4-2)10-16(20)18(14)22/h3-4,7-10,21-22H,1-2,5-6H2. The first-order valence-electron chi connectivity index (χ1n) is 6.72. The van der Waals surface area contributed by atoms with Crippen LogP contribution in [0.4, 0.5) is 0 Å². The van der Waals surface area contributed by atoms with Crippen LogP contribution in [0.15, 0.2) is 49.6 Å². The molecule has 2 nitrogen and oxygen atoms in total. The third kappa shape index (κ3) is 3.29. The van der Waals surface area contributed by atoms with Crippen LogP contribution < -0.4 is 0 Å². The minimum atomic E-state index is -0.0865. The van der Waals surface area contributed by atoms with E-state index in [-0.39, 0.29) is 21.5 Å². The number of halogens is 2. The zero-order chi connectivity index (χ0) is 16.3. The molecule has 0 aliphatic carbocycles. The van der Waals surface area contributed by atoms with Crippen molar-refractivity contribution in [1.29, 1.82) is 0 Å². The lowest BCUT2D eigenvalue weighted by molar-refractivity contribution is 0.469. The zero-order valence-corrected chi connectivity index (χ0v) is 13.5. The Morgan fingerprint density at radius 2 is 1.14 bits per heavy atom. The van der Waals surface area contributed by atoms with Gasteiger partial charge in [-0.25, -0.2) is 0 Å². The summed E-state index contributed by atoms with van der Waals surface area (Å²) in [6, 6.07) is 6.89. The number of allylic oxidation sites excluding steroid dienone is 2. The molecule has 0 aromatic heterocycles. The molecule has 0 aliphatic heterocycles. The fourth-order valence-electron chi connectivity index (χ4n) is 2.29. The largest absolute Gasteiger partial charge is 0.506 e. The Kier molecular flexibility index (Phi) is 5.17. The summed E-state index contributed by atoms with van der Waals surface area (Å²) in [5.41, 5.74) is 2.65. The van der Waals surface area contributed by atoms with E-state index in [1.807, 2.05) is 0 Å². The SMILES string of the molecule is C=CCc1cc(Cl)c(O)c(-c2cc(CC=C)cc(Cl)c2O)c1. The summed E-state index contributed by atoms with van der Waals surface area (Å²) in [5, 5.41) is 20.9. The molecule has 2 N–H and O–H groups in total. The Bertz CT molecular complexity index is 673. The second-order valence-corrected chi connectivity index (χ2v) is 5.75. The van der Waals surface area contributed by atoms with E-state index in [0.717, 1.165) is 11.1 Å². The monoisotopic (exact) mass is 334 g/mol. The zero-order valence-electron chi connectivity index (χ0n) is 11.9. The number of hydrogen-bond donors (Lipinski definition) is 2. The summed E-state index contributed by atoms with van der Waals surface area (Å²) < 4.78 is 0. The van der Waals surface area contributed by atoms with Gasteiger partial charge in [0.25, 0.3) is 0 Å². The van der Waals surface area contributed by atoms with E-state index in [0.29, 0.717) is 24.0 Å². The van der Waals surface area contributed by atoms with E-state index < -0.39 is 0 Å².